The molecule has 1 fully saturated rings. The molecule has 1 aromatic carbocycles. The molecule has 0 aliphatic heterocycles. The lowest BCUT2D eigenvalue weighted by Crippen LogP contribution is -2.44. The number of para-hydroxylation sites is 1. The van der Waals surface area contributed by atoms with Gasteiger partial charge in [0.1, 0.15) is 5.75 Å². The number of benzene rings is 1. The van der Waals surface area contributed by atoms with E-state index >= 15 is 0 Å². The predicted octanol–water partition coefficient (Wildman–Crippen LogP) is 4.28. The molecule has 104 valence electrons. The molecule has 0 amide bonds. The SMILES string of the molecule is CCC(Oc1ccccc1)C1([P+](=O)O)CCCCC1. The molecule has 1 aromatic rings. The molecule has 2 unspecified atom stereocenters. The van der Waals surface area contributed by atoms with Crippen molar-refractivity contribution >= 4 is 8.03 Å². The molecule has 0 bridgehead atoms. The van der Waals surface area contributed by atoms with E-state index in [2.05, 4.69) is 0 Å². The van der Waals surface area contributed by atoms with Gasteiger partial charge in [0.15, 0.2) is 6.10 Å². The molecular formula is C15H22O3P+. The molecular weight excluding hydrogens is 259 g/mol. The molecule has 3 nitrogen and oxygen atoms in total. The summed E-state index contributed by atoms with van der Waals surface area (Å²) in [6.45, 7) is 2.03. The summed E-state index contributed by atoms with van der Waals surface area (Å²) >= 11 is 0. The minimum Gasteiger partial charge on any atom is -0.485 e. The van der Waals surface area contributed by atoms with E-state index < -0.39 is 13.2 Å². The summed E-state index contributed by atoms with van der Waals surface area (Å²) in [6.07, 6.45) is 5.38. The lowest BCUT2D eigenvalue weighted by atomic mass is 9.83. The Labute approximate surface area is 115 Å². The van der Waals surface area contributed by atoms with Crippen LogP contribution in [0.4, 0.5) is 0 Å². The van der Waals surface area contributed by atoms with Crippen LogP contribution in [0.2, 0.25) is 0 Å². The summed E-state index contributed by atoms with van der Waals surface area (Å²) in [5.74, 6) is 0.788. The van der Waals surface area contributed by atoms with Crippen LogP contribution < -0.4 is 4.74 Å². The molecule has 0 radical (unpaired) electrons. The fraction of sp³-hybridized carbons (Fsp3) is 0.600. The second-order valence-electron chi connectivity index (χ2n) is 5.26. The molecule has 0 saturated heterocycles. The minimum absolute atomic E-state index is 0.177. The zero-order chi connectivity index (χ0) is 13.7. The van der Waals surface area contributed by atoms with Gasteiger partial charge in [0.25, 0.3) is 0 Å². The molecule has 2 rings (SSSR count). The van der Waals surface area contributed by atoms with Crippen LogP contribution in [0.15, 0.2) is 30.3 Å². The van der Waals surface area contributed by atoms with Gasteiger partial charge in [-0.15, -0.1) is 0 Å². The van der Waals surface area contributed by atoms with E-state index in [1.165, 1.54) is 0 Å². The normalized spacial score (nSPS) is 20.6. The van der Waals surface area contributed by atoms with E-state index in [9.17, 15) is 9.46 Å². The van der Waals surface area contributed by atoms with Gasteiger partial charge in [0, 0.05) is 12.8 Å². The lowest BCUT2D eigenvalue weighted by molar-refractivity contribution is 0.115. The number of hydrogen-bond donors (Lipinski definition) is 1. The molecule has 1 N–H and O–H groups in total. The summed E-state index contributed by atoms with van der Waals surface area (Å²) in [7, 11) is -2.22. The summed E-state index contributed by atoms with van der Waals surface area (Å²) in [5, 5.41) is -0.557. The third kappa shape index (κ3) is 3.16. The second kappa shape index (κ2) is 6.49. The van der Waals surface area contributed by atoms with E-state index in [4.69, 9.17) is 4.74 Å². The van der Waals surface area contributed by atoms with Crippen LogP contribution in [0.1, 0.15) is 45.4 Å². The van der Waals surface area contributed by atoms with Crippen molar-refractivity contribution in [3.63, 3.8) is 0 Å². The molecule has 1 aliphatic carbocycles. The largest absolute Gasteiger partial charge is 0.515 e. The van der Waals surface area contributed by atoms with E-state index in [0.717, 1.165) is 44.3 Å². The Morgan fingerprint density at radius 1 is 1.26 bits per heavy atom. The highest BCUT2D eigenvalue weighted by atomic mass is 31.1. The first-order valence-electron chi connectivity index (χ1n) is 7.07. The third-order valence-corrected chi connectivity index (χ3v) is 5.59. The van der Waals surface area contributed by atoms with Crippen LogP contribution in [-0.2, 0) is 4.57 Å². The number of hydrogen-bond acceptors (Lipinski definition) is 2. The van der Waals surface area contributed by atoms with E-state index in [0.29, 0.717) is 0 Å². The lowest BCUT2D eigenvalue weighted by Gasteiger charge is -2.33. The molecule has 0 heterocycles. The zero-order valence-electron chi connectivity index (χ0n) is 11.4. The van der Waals surface area contributed by atoms with Crippen LogP contribution in [0, 0.1) is 0 Å². The number of ether oxygens (including phenoxy) is 1. The van der Waals surface area contributed by atoms with Crippen LogP contribution >= 0.6 is 8.03 Å². The van der Waals surface area contributed by atoms with Crippen molar-refractivity contribution in [2.75, 3.05) is 0 Å². The zero-order valence-corrected chi connectivity index (χ0v) is 12.3. The van der Waals surface area contributed by atoms with Crippen molar-refractivity contribution < 1.29 is 14.2 Å². The first-order chi connectivity index (χ1) is 9.19. The highest BCUT2D eigenvalue weighted by Gasteiger charge is 2.56. The second-order valence-corrected chi connectivity index (χ2v) is 6.70. The van der Waals surface area contributed by atoms with Crippen molar-refractivity contribution in [2.24, 2.45) is 0 Å². The molecule has 0 aromatic heterocycles. The Kier molecular flexibility index (Phi) is 4.95. The maximum Gasteiger partial charge on any atom is 0.515 e. The van der Waals surface area contributed by atoms with Crippen LogP contribution in [0.25, 0.3) is 0 Å². The summed E-state index contributed by atoms with van der Waals surface area (Å²) < 4.78 is 18.0. The van der Waals surface area contributed by atoms with Crippen LogP contribution in [0.5, 0.6) is 5.75 Å². The average Bonchev–Trinajstić information content (AvgIpc) is 2.46. The van der Waals surface area contributed by atoms with E-state index in [1.807, 2.05) is 37.3 Å². The Balaban J connectivity index is 2.20. The highest BCUT2D eigenvalue weighted by molar-refractivity contribution is 7.40. The smallest absolute Gasteiger partial charge is 0.485 e. The van der Waals surface area contributed by atoms with Crippen LogP contribution in [0.3, 0.4) is 0 Å². The monoisotopic (exact) mass is 281 g/mol. The molecule has 0 spiro atoms. The number of rotatable bonds is 5. The van der Waals surface area contributed by atoms with Crippen molar-refractivity contribution in [1.29, 1.82) is 0 Å². The Bertz CT molecular complexity index is 413. The Hall–Kier alpha value is -0.920. The van der Waals surface area contributed by atoms with Gasteiger partial charge in [-0.1, -0.05) is 31.5 Å². The summed E-state index contributed by atoms with van der Waals surface area (Å²) in [5.41, 5.74) is 0. The van der Waals surface area contributed by atoms with E-state index in [1.54, 1.807) is 0 Å². The molecule has 1 saturated carbocycles. The first-order valence-corrected chi connectivity index (χ1v) is 8.28. The summed E-state index contributed by atoms with van der Waals surface area (Å²) in [6, 6.07) is 9.60. The maximum atomic E-state index is 11.9. The third-order valence-electron chi connectivity index (χ3n) is 4.09. The van der Waals surface area contributed by atoms with Gasteiger partial charge in [0.05, 0.1) is 0 Å². The molecule has 19 heavy (non-hydrogen) atoms. The first kappa shape index (κ1) is 14.5. The Morgan fingerprint density at radius 3 is 2.42 bits per heavy atom. The fourth-order valence-corrected chi connectivity index (χ4v) is 4.22. The van der Waals surface area contributed by atoms with E-state index in [-0.39, 0.29) is 6.10 Å². The van der Waals surface area contributed by atoms with Crippen molar-refractivity contribution in [2.45, 2.75) is 56.7 Å². The quantitative estimate of drug-likeness (QED) is 0.819. The van der Waals surface area contributed by atoms with Crippen molar-refractivity contribution in [3.8, 4) is 5.75 Å². The van der Waals surface area contributed by atoms with Gasteiger partial charge in [-0.3, -0.25) is 0 Å². The molecule has 2 atom stereocenters. The topological polar surface area (TPSA) is 46.5 Å². The van der Waals surface area contributed by atoms with Gasteiger partial charge in [0.2, 0.25) is 5.16 Å². The Morgan fingerprint density at radius 2 is 1.89 bits per heavy atom. The van der Waals surface area contributed by atoms with Gasteiger partial charge in [-0.05, 0) is 36.0 Å². The van der Waals surface area contributed by atoms with Gasteiger partial charge >= 0.3 is 8.03 Å². The van der Waals surface area contributed by atoms with Crippen molar-refractivity contribution in [1.82, 2.24) is 0 Å². The maximum absolute atomic E-state index is 11.9. The minimum atomic E-state index is -2.22. The molecule has 4 heteroatoms. The summed E-state index contributed by atoms with van der Waals surface area (Å²) in [4.78, 5) is 9.84. The standard InChI is InChI=1S/C15H21O3P/c1-2-14(18-13-9-5-3-6-10-13)15(19(16)17)11-7-4-8-12-15/h3,5-6,9-10,14H,2,4,7-8,11-12H2,1H3/p+1. The van der Waals surface area contributed by atoms with Gasteiger partial charge in [-0.25, -0.2) is 0 Å². The highest BCUT2D eigenvalue weighted by Crippen LogP contribution is 2.50. The van der Waals surface area contributed by atoms with Crippen LogP contribution in [-0.4, -0.2) is 16.2 Å². The van der Waals surface area contributed by atoms with Crippen molar-refractivity contribution in [3.05, 3.63) is 30.3 Å². The average molecular weight is 281 g/mol. The van der Waals surface area contributed by atoms with Gasteiger partial charge in [-0.2, -0.15) is 4.89 Å². The fourth-order valence-electron chi connectivity index (χ4n) is 3.04. The predicted molar refractivity (Wildman–Crippen MR) is 76.8 cm³/mol. The van der Waals surface area contributed by atoms with Gasteiger partial charge < -0.3 is 4.74 Å². The molecule has 1 aliphatic rings.